The summed E-state index contributed by atoms with van der Waals surface area (Å²) in [7, 11) is 3.89. The minimum absolute atomic E-state index is 0.606. The lowest BCUT2D eigenvalue weighted by molar-refractivity contribution is 0.442. The molecule has 3 nitrogen and oxygen atoms in total. The molecule has 0 radical (unpaired) electrons. The van der Waals surface area contributed by atoms with Crippen LogP contribution in [-0.2, 0) is 6.54 Å². The van der Waals surface area contributed by atoms with Gasteiger partial charge in [0.1, 0.15) is 0 Å². The molecule has 0 atom stereocenters. The molecular weight excluding hydrogens is 386 g/mol. The van der Waals surface area contributed by atoms with Crippen molar-refractivity contribution in [2.45, 2.75) is 70.1 Å². The van der Waals surface area contributed by atoms with Gasteiger partial charge in [-0.2, -0.15) is 0 Å². The van der Waals surface area contributed by atoms with E-state index in [1.165, 1.54) is 69.9 Å². The molecule has 0 amide bonds. The Morgan fingerprint density at radius 1 is 0.933 bits per heavy atom. The Kier molecular flexibility index (Phi) is 7.87. The van der Waals surface area contributed by atoms with Gasteiger partial charge in [0, 0.05) is 42.4 Å². The lowest BCUT2D eigenvalue weighted by Crippen LogP contribution is -2.31. The fraction of sp³-hybridized carbons (Fsp3) is 0.500. The van der Waals surface area contributed by atoms with Crippen molar-refractivity contribution in [3.8, 4) is 0 Å². The van der Waals surface area contributed by atoms with E-state index in [4.69, 9.17) is 0 Å². The summed E-state index contributed by atoms with van der Waals surface area (Å²) in [5, 5.41) is 7.63. The number of nitrogens with zero attached hydrogens (tertiary/aromatic N) is 1. The molecule has 0 aromatic heterocycles. The lowest BCUT2D eigenvalue weighted by Gasteiger charge is -2.29. The number of aliphatic imine (C=N–C) groups is 1. The number of hydrogen-bond donors (Lipinski definition) is 2. The van der Waals surface area contributed by atoms with Crippen LogP contribution >= 0.6 is 11.8 Å². The zero-order chi connectivity index (χ0) is 21.7. The van der Waals surface area contributed by atoms with Crippen LogP contribution in [0.25, 0.3) is 0 Å². The van der Waals surface area contributed by atoms with Crippen LogP contribution < -0.4 is 10.6 Å². The zero-order valence-corrected chi connectivity index (χ0v) is 20.2. The maximum absolute atomic E-state index is 4.42. The van der Waals surface area contributed by atoms with E-state index in [0.29, 0.717) is 11.2 Å². The van der Waals surface area contributed by atoms with Gasteiger partial charge in [-0.05, 0) is 93.3 Å². The second-order valence-corrected chi connectivity index (χ2v) is 10.00. The summed E-state index contributed by atoms with van der Waals surface area (Å²) in [5.41, 5.74) is 7.99. The monoisotopic (exact) mass is 423 g/mol. The number of aryl methyl sites for hydroxylation is 4. The molecule has 1 saturated carbocycles. The molecule has 162 valence electrons. The first-order chi connectivity index (χ1) is 14.4. The van der Waals surface area contributed by atoms with Gasteiger partial charge in [0.2, 0.25) is 0 Å². The van der Waals surface area contributed by atoms with Crippen LogP contribution in [0.2, 0.25) is 0 Å². The molecule has 0 heterocycles. The number of rotatable bonds is 6. The third-order valence-electron chi connectivity index (χ3n) is 6.43. The molecule has 2 aromatic rings. The van der Waals surface area contributed by atoms with Crippen molar-refractivity contribution in [1.29, 1.82) is 0 Å². The van der Waals surface area contributed by atoms with Crippen LogP contribution in [0.3, 0.4) is 0 Å². The van der Waals surface area contributed by atoms with Crippen LogP contribution in [0.4, 0.5) is 5.69 Å². The van der Waals surface area contributed by atoms with Gasteiger partial charge in [0.05, 0.1) is 5.84 Å². The van der Waals surface area contributed by atoms with Crippen LogP contribution in [-0.4, -0.2) is 25.2 Å². The lowest BCUT2D eigenvalue weighted by atomic mass is 9.88. The summed E-state index contributed by atoms with van der Waals surface area (Å²) in [5.74, 6) is 1.78. The van der Waals surface area contributed by atoms with Crippen LogP contribution in [0.15, 0.2) is 40.2 Å². The highest BCUT2D eigenvalue weighted by atomic mass is 32.2. The number of benzene rings is 2. The summed E-state index contributed by atoms with van der Waals surface area (Å²) < 4.78 is 0. The smallest absolute Gasteiger partial charge is 0.0988 e. The molecule has 1 aliphatic rings. The summed E-state index contributed by atoms with van der Waals surface area (Å²) in [6.07, 6.45) is 4.99. The average Bonchev–Trinajstić information content (AvgIpc) is 2.74. The Labute approximate surface area is 187 Å². The third kappa shape index (κ3) is 5.60. The largest absolute Gasteiger partial charge is 0.381 e. The first-order valence-corrected chi connectivity index (χ1v) is 12.0. The Hall–Kier alpha value is -1.94. The normalized spacial score (nSPS) is 19.6. The Bertz CT molecular complexity index is 895. The van der Waals surface area contributed by atoms with Crippen LogP contribution in [0, 0.1) is 33.6 Å². The van der Waals surface area contributed by atoms with Crippen molar-refractivity contribution in [2.24, 2.45) is 10.9 Å². The van der Waals surface area contributed by atoms with Crippen molar-refractivity contribution in [1.82, 2.24) is 5.32 Å². The maximum atomic E-state index is 4.42. The molecule has 2 N–H and O–H groups in total. The maximum Gasteiger partial charge on any atom is 0.0988 e. The average molecular weight is 424 g/mol. The second-order valence-electron chi connectivity index (χ2n) is 8.66. The van der Waals surface area contributed by atoms with E-state index in [1.54, 1.807) is 0 Å². The number of thioether (sulfide) groups is 1. The SMILES string of the molecule is CN=C(NC)C1CCC(Sc2cc(CNc3cc(C)c(C)cc3C)ccc2C)CC1. The number of amidine groups is 1. The van der Waals surface area contributed by atoms with Gasteiger partial charge in [-0.25, -0.2) is 0 Å². The Balaban J connectivity index is 1.61. The van der Waals surface area contributed by atoms with E-state index in [2.05, 4.69) is 85.4 Å². The Morgan fingerprint density at radius 3 is 2.30 bits per heavy atom. The molecule has 0 aliphatic heterocycles. The Morgan fingerprint density at radius 2 is 1.63 bits per heavy atom. The summed E-state index contributed by atoms with van der Waals surface area (Å²) >= 11 is 2.08. The summed E-state index contributed by atoms with van der Waals surface area (Å²) in [6, 6.07) is 11.5. The minimum Gasteiger partial charge on any atom is -0.381 e. The molecule has 0 bridgehead atoms. The predicted molar refractivity (Wildman–Crippen MR) is 133 cm³/mol. The molecule has 1 aliphatic carbocycles. The van der Waals surface area contributed by atoms with Gasteiger partial charge in [0.15, 0.2) is 0 Å². The van der Waals surface area contributed by atoms with Gasteiger partial charge in [-0.3, -0.25) is 4.99 Å². The topological polar surface area (TPSA) is 36.4 Å². The van der Waals surface area contributed by atoms with E-state index < -0.39 is 0 Å². The van der Waals surface area contributed by atoms with Gasteiger partial charge >= 0.3 is 0 Å². The third-order valence-corrected chi connectivity index (χ3v) is 7.93. The molecule has 4 heteroatoms. The number of hydrogen-bond acceptors (Lipinski definition) is 3. The van der Waals surface area contributed by atoms with E-state index in [1.807, 2.05) is 14.1 Å². The first kappa shape index (κ1) is 22.7. The standard InChI is InChI=1S/C26H37N3S/c1-17-7-8-21(16-29-24-14-19(3)18(2)13-20(24)4)15-25(17)30-23-11-9-22(10-12-23)26(27-5)28-6/h7-8,13-15,22-23,29H,9-12,16H2,1-6H3,(H,27,28). The molecular formula is C26H37N3S. The van der Waals surface area contributed by atoms with Gasteiger partial charge < -0.3 is 10.6 Å². The minimum atomic E-state index is 0.606. The van der Waals surface area contributed by atoms with Gasteiger partial charge in [-0.1, -0.05) is 18.2 Å². The fourth-order valence-corrected chi connectivity index (χ4v) is 5.70. The first-order valence-electron chi connectivity index (χ1n) is 11.1. The quantitative estimate of drug-likeness (QED) is 0.415. The molecule has 1 fully saturated rings. The highest BCUT2D eigenvalue weighted by molar-refractivity contribution is 8.00. The van der Waals surface area contributed by atoms with Crippen LogP contribution in [0.5, 0.6) is 0 Å². The summed E-state index contributed by atoms with van der Waals surface area (Å²) in [6.45, 7) is 9.65. The molecule has 3 rings (SSSR count). The van der Waals surface area contributed by atoms with E-state index in [-0.39, 0.29) is 0 Å². The molecule has 0 spiro atoms. The van der Waals surface area contributed by atoms with Crippen molar-refractivity contribution in [3.05, 3.63) is 58.1 Å². The highest BCUT2D eigenvalue weighted by Crippen LogP contribution is 2.38. The highest BCUT2D eigenvalue weighted by Gasteiger charge is 2.25. The van der Waals surface area contributed by atoms with E-state index in [9.17, 15) is 0 Å². The molecule has 0 unspecified atom stereocenters. The van der Waals surface area contributed by atoms with Crippen molar-refractivity contribution in [3.63, 3.8) is 0 Å². The second kappa shape index (κ2) is 10.4. The molecule has 2 aromatic carbocycles. The van der Waals surface area contributed by atoms with Gasteiger partial charge in [0.25, 0.3) is 0 Å². The van der Waals surface area contributed by atoms with Crippen molar-refractivity contribution in [2.75, 3.05) is 19.4 Å². The summed E-state index contributed by atoms with van der Waals surface area (Å²) in [4.78, 5) is 5.86. The predicted octanol–water partition coefficient (Wildman–Crippen LogP) is 6.43. The van der Waals surface area contributed by atoms with E-state index in [0.717, 1.165) is 6.54 Å². The molecule has 0 saturated heterocycles. The van der Waals surface area contributed by atoms with Gasteiger partial charge in [-0.15, -0.1) is 11.8 Å². The van der Waals surface area contributed by atoms with Crippen LogP contribution in [0.1, 0.15) is 53.5 Å². The number of nitrogens with one attached hydrogen (secondary N) is 2. The fourth-order valence-electron chi connectivity index (χ4n) is 4.36. The van der Waals surface area contributed by atoms with Crippen molar-refractivity contribution >= 4 is 23.3 Å². The van der Waals surface area contributed by atoms with E-state index >= 15 is 0 Å². The molecule has 30 heavy (non-hydrogen) atoms. The van der Waals surface area contributed by atoms with Crippen molar-refractivity contribution < 1.29 is 0 Å². The number of anilines is 1. The zero-order valence-electron chi connectivity index (χ0n) is 19.4.